The lowest BCUT2D eigenvalue weighted by Gasteiger charge is -2.12. The van der Waals surface area contributed by atoms with E-state index in [4.69, 9.17) is 0 Å². The summed E-state index contributed by atoms with van der Waals surface area (Å²) in [5, 5.41) is 11.5. The van der Waals surface area contributed by atoms with Crippen LogP contribution in [0, 0.1) is 20.8 Å². The second kappa shape index (κ2) is 4.62. The summed E-state index contributed by atoms with van der Waals surface area (Å²) in [6.45, 7) is 4.85. The SMILES string of the molecule is Cc1cc(C)n(-c2nnc(C)n2NC(=O)C(F)(F)F)n1. The number of carbonyl (C=O) groups excluding carboxylic acids is 1. The Morgan fingerprint density at radius 2 is 1.90 bits per heavy atom. The van der Waals surface area contributed by atoms with Crippen molar-refractivity contribution in [3.8, 4) is 5.95 Å². The summed E-state index contributed by atoms with van der Waals surface area (Å²) in [4.78, 5) is 11.0. The van der Waals surface area contributed by atoms with Crippen molar-refractivity contribution >= 4 is 5.91 Å². The predicted octanol–water partition coefficient (Wildman–Crippen LogP) is 1.02. The zero-order valence-electron chi connectivity index (χ0n) is 10.9. The molecule has 2 rings (SSSR count). The van der Waals surface area contributed by atoms with Gasteiger partial charge in [0, 0.05) is 5.69 Å². The molecule has 0 saturated heterocycles. The Labute approximate surface area is 111 Å². The highest BCUT2D eigenvalue weighted by Crippen LogP contribution is 2.16. The molecule has 0 spiro atoms. The van der Waals surface area contributed by atoms with Crippen molar-refractivity contribution in [2.45, 2.75) is 26.9 Å². The molecule has 0 aliphatic carbocycles. The van der Waals surface area contributed by atoms with Crippen molar-refractivity contribution in [3.05, 3.63) is 23.3 Å². The molecule has 2 aromatic heterocycles. The van der Waals surface area contributed by atoms with E-state index in [1.165, 1.54) is 11.6 Å². The van der Waals surface area contributed by atoms with Crippen LogP contribution in [-0.2, 0) is 4.79 Å². The summed E-state index contributed by atoms with van der Waals surface area (Å²) in [5.74, 6) is -2.03. The highest BCUT2D eigenvalue weighted by Gasteiger charge is 2.39. The number of rotatable bonds is 2. The van der Waals surface area contributed by atoms with E-state index >= 15 is 0 Å². The fourth-order valence-electron chi connectivity index (χ4n) is 1.62. The molecule has 0 saturated carbocycles. The van der Waals surface area contributed by atoms with Crippen molar-refractivity contribution in [2.24, 2.45) is 0 Å². The highest BCUT2D eigenvalue weighted by atomic mass is 19.4. The molecular formula is C10H11F3N6O. The number of nitrogens with zero attached hydrogens (tertiary/aromatic N) is 5. The molecule has 10 heteroatoms. The van der Waals surface area contributed by atoms with Crippen LogP contribution < -0.4 is 5.43 Å². The minimum Gasteiger partial charge on any atom is -0.263 e. The van der Waals surface area contributed by atoms with Gasteiger partial charge in [-0.2, -0.15) is 18.3 Å². The van der Waals surface area contributed by atoms with Crippen molar-refractivity contribution in [1.29, 1.82) is 0 Å². The largest absolute Gasteiger partial charge is 0.472 e. The topological polar surface area (TPSA) is 77.6 Å². The van der Waals surface area contributed by atoms with Crippen molar-refractivity contribution in [1.82, 2.24) is 24.7 Å². The normalized spacial score (nSPS) is 11.7. The van der Waals surface area contributed by atoms with Crippen LogP contribution in [0.1, 0.15) is 17.2 Å². The van der Waals surface area contributed by atoms with Crippen molar-refractivity contribution in [3.63, 3.8) is 0 Å². The summed E-state index contributed by atoms with van der Waals surface area (Å²) < 4.78 is 39.0. The van der Waals surface area contributed by atoms with Gasteiger partial charge in [-0.1, -0.05) is 0 Å². The molecule has 108 valence electrons. The van der Waals surface area contributed by atoms with Gasteiger partial charge in [0.05, 0.1) is 5.69 Å². The van der Waals surface area contributed by atoms with E-state index < -0.39 is 12.1 Å². The number of alkyl halides is 3. The van der Waals surface area contributed by atoms with Gasteiger partial charge in [-0.3, -0.25) is 10.2 Å². The maximum absolute atomic E-state index is 12.3. The quantitative estimate of drug-likeness (QED) is 0.895. The van der Waals surface area contributed by atoms with Gasteiger partial charge in [0.2, 0.25) is 0 Å². The van der Waals surface area contributed by atoms with Crippen molar-refractivity contribution in [2.75, 3.05) is 5.43 Å². The Balaban J connectivity index is 2.43. The van der Waals surface area contributed by atoms with Gasteiger partial charge in [-0.05, 0) is 26.8 Å². The molecule has 0 unspecified atom stereocenters. The first-order chi connectivity index (χ1) is 9.20. The first kappa shape index (κ1) is 14.0. The molecular weight excluding hydrogens is 277 g/mol. The molecule has 1 amide bonds. The number of nitrogens with one attached hydrogen (secondary N) is 1. The van der Waals surface area contributed by atoms with Crippen LogP contribution in [-0.4, -0.2) is 36.7 Å². The molecule has 0 fully saturated rings. The third-order valence-corrected chi connectivity index (χ3v) is 2.48. The molecule has 2 heterocycles. The number of hydrogen-bond donors (Lipinski definition) is 1. The van der Waals surface area contributed by atoms with Crippen LogP contribution in [0.2, 0.25) is 0 Å². The Morgan fingerprint density at radius 1 is 1.25 bits per heavy atom. The van der Waals surface area contributed by atoms with E-state index in [9.17, 15) is 18.0 Å². The first-order valence-corrected chi connectivity index (χ1v) is 5.54. The minimum absolute atomic E-state index is 0.0225. The van der Waals surface area contributed by atoms with E-state index in [0.29, 0.717) is 11.4 Å². The van der Waals surface area contributed by atoms with Crippen LogP contribution in [0.5, 0.6) is 0 Å². The third kappa shape index (κ3) is 2.49. The van der Waals surface area contributed by atoms with Gasteiger partial charge in [0.15, 0.2) is 5.82 Å². The summed E-state index contributed by atoms with van der Waals surface area (Å²) >= 11 is 0. The third-order valence-electron chi connectivity index (χ3n) is 2.48. The van der Waals surface area contributed by atoms with E-state index in [0.717, 1.165) is 4.68 Å². The van der Waals surface area contributed by atoms with Gasteiger partial charge in [-0.15, -0.1) is 10.2 Å². The van der Waals surface area contributed by atoms with E-state index in [1.54, 1.807) is 25.3 Å². The fraction of sp³-hybridized carbons (Fsp3) is 0.400. The van der Waals surface area contributed by atoms with Gasteiger partial charge in [0.1, 0.15) is 0 Å². The second-order valence-electron chi connectivity index (χ2n) is 4.16. The summed E-state index contributed by atoms with van der Waals surface area (Å²) in [7, 11) is 0. The number of aryl methyl sites for hydroxylation is 3. The maximum Gasteiger partial charge on any atom is 0.472 e. The smallest absolute Gasteiger partial charge is 0.263 e. The number of hydrogen-bond acceptors (Lipinski definition) is 4. The fourth-order valence-corrected chi connectivity index (χ4v) is 1.62. The monoisotopic (exact) mass is 288 g/mol. The van der Waals surface area contributed by atoms with Gasteiger partial charge < -0.3 is 0 Å². The second-order valence-corrected chi connectivity index (χ2v) is 4.16. The minimum atomic E-state index is -5.00. The first-order valence-electron chi connectivity index (χ1n) is 5.54. The molecule has 0 aliphatic rings. The van der Waals surface area contributed by atoms with Crippen LogP contribution >= 0.6 is 0 Å². The van der Waals surface area contributed by atoms with E-state index in [-0.39, 0.29) is 11.8 Å². The number of amides is 1. The van der Waals surface area contributed by atoms with Gasteiger partial charge >= 0.3 is 12.1 Å². The lowest BCUT2D eigenvalue weighted by atomic mass is 10.4. The Bertz CT molecular complexity index is 656. The van der Waals surface area contributed by atoms with E-state index in [1.807, 2.05) is 0 Å². The lowest BCUT2D eigenvalue weighted by molar-refractivity contribution is -0.168. The summed E-state index contributed by atoms with van der Waals surface area (Å²) in [6, 6.07) is 1.72. The van der Waals surface area contributed by atoms with Crippen molar-refractivity contribution < 1.29 is 18.0 Å². The van der Waals surface area contributed by atoms with Crippen LogP contribution in [0.15, 0.2) is 6.07 Å². The molecule has 7 nitrogen and oxygen atoms in total. The molecule has 0 bridgehead atoms. The zero-order valence-corrected chi connectivity index (χ0v) is 10.9. The van der Waals surface area contributed by atoms with E-state index in [2.05, 4.69) is 15.3 Å². The number of halogens is 3. The average Bonchev–Trinajstić information content (AvgIpc) is 2.82. The number of aromatic nitrogens is 5. The highest BCUT2D eigenvalue weighted by molar-refractivity contribution is 5.89. The Morgan fingerprint density at radius 3 is 2.40 bits per heavy atom. The predicted molar refractivity (Wildman–Crippen MR) is 61.8 cm³/mol. The van der Waals surface area contributed by atoms with Gasteiger partial charge in [0.25, 0.3) is 5.95 Å². The zero-order chi connectivity index (χ0) is 15.1. The molecule has 0 aromatic carbocycles. The van der Waals surface area contributed by atoms with Crippen LogP contribution in [0.3, 0.4) is 0 Å². The Hall–Kier alpha value is -2.39. The lowest BCUT2D eigenvalue weighted by Crippen LogP contribution is -2.36. The van der Waals surface area contributed by atoms with Gasteiger partial charge in [-0.25, -0.2) is 9.36 Å². The molecule has 0 aliphatic heterocycles. The summed E-state index contributed by atoms with van der Waals surface area (Å²) in [6.07, 6.45) is -5.00. The molecule has 2 aromatic rings. The molecule has 20 heavy (non-hydrogen) atoms. The molecule has 0 radical (unpaired) electrons. The molecule has 0 atom stereocenters. The molecule has 1 N–H and O–H groups in total. The maximum atomic E-state index is 12.3. The number of carbonyl (C=O) groups is 1. The average molecular weight is 288 g/mol. The standard InChI is InChI=1S/C10H11F3N6O/c1-5-4-6(2)18(16-5)9-15-14-7(3)19(9)17-8(20)10(11,12)13/h4H,1-3H3,(H,17,20). The van der Waals surface area contributed by atoms with Crippen LogP contribution in [0.4, 0.5) is 13.2 Å². The van der Waals surface area contributed by atoms with Crippen LogP contribution in [0.25, 0.3) is 5.95 Å². The Kier molecular flexibility index (Phi) is 3.24. The summed E-state index contributed by atoms with van der Waals surface area (Å²) in [5.41, 5.74) is 3.01.